The highest BCUT2D eigenvalue weighted by Crippen LogP contribution is 2.23. The molecule has 7 nitrogen and oxygen atoms in total. The van der Waals surface area contributed by atoms with E-state index in [9.17, 15) is 19.7 Å². The van der Waals surface area contributed by atoms with Crippen LogP contribution < -0.4 is 0 Å². The van der Waals surface area contributed by atoms with E-state index < -0.39 is 4.92 Å². The maximum atomic E-state index is 12.3. The number of non-ortho nitro benzene ring substituents is 1. The third kappa shape index (κ3) is 4.80. The molecule has 0 aliphatic carbocycles. The van der Waals surface area contributed by atoms with Crippen LogP contribution in [0.3, 0.4) is 0 Å². The van der Waals surface area contributed by atoms with Crippen LogP contribution in [0.2, 0.25) is 0 Å². The lowest BCUT2D eigenvalue weighted by Crippen LogP contribution is -2.30. The molecule has 0 aromatic heterocycles. The van der Waals surface area contributed by atoms with Gasteiger partial charge < -0.3 is 9.47 Å². The maximum Gasteiger partial charge on any atom is 0.309 e. The zero-order valence-corrected chi connectivity index (χ0v) is 15.5. The average molecular weight is 383 g/mol. The van der Waals surface area contributed by atoms with Gasteiger partial charge in [-0.1, -0.05) is 24.3 Å². The normalized spacial score (nSPS) is 19.0. The van der Waals surface area contributed by atoms with Crippen molar-refractivity contribution in [3.05, 3.63) is 64.2 Å². The molecule has 1 aliphatic rings. The Bertz CT molecular complexity index is 859. The molecule has 0 radical (unpaired) electrons. The van der Waals surface area contributed by atoms with Crippen molar-refractivity contribution in [3.63, 3.8) is 0 Å². The molecule has 2 aromatic carbocycles. The Morgan fingerprint density at radius 3 is 2.29 bits per heavy atom. The first kappa shape index (κ1) is 19.7. The van der Waals surface area contributed by atoms with Crippen LogP contribution in [0, 0.1) is 16.0 Å². The van der Waals surface area contributed by atoms with Gasteiger partial charge >= 0.3 is 5.97 Å². The van der Waals surface area contributed by atoms with Gasteiger partial charge in [-0.3, -0.25) is 19.7 Å². The molecule has 0 amide bonds. The number of Topliss-reactive ketones (excluding diaryl/α,β-unsaturated/α-hetero) is 1. The van der Waals surface area contributed by atoms with Crippen LogP contribution in [0.4, 0.5) is 5.69 Å². The van der Waals surface area contributed by atoms with E-state index in [1.165, 1.54) is 12.1 Å². The Hall–Kier alpha value is -3.06. The van der Waals surface area contributed by atoms with Crippen LogP contribution in [0.1, 0.15) is 30.1 Å². The number of carbonyl (C=O) groups excluding carboxylic acids is 2. The first-order chi connectivity index (χ1) is 13.4. The van der Waals surface area contributed by atoms with E-state index in [0.717, 1.165) is 11.1 Å². The Labute approximate surface area is 162 Å². The number of esters is 1. The largest absolute Gasteiger partial charge is 0.457 e. The van der Waals surface area contributed by atoms with Gasteiger partial charge in [0.2, 0.25) is 0 Å². The van der Waals surface area contributed by atoms with Crippen LogP contribution in [-0.4, -0.2) is 36.0 Å². The molecule has 0 spiro atoms. The summed E-state index contributed by atoms with van der Waals surface area (Å²) in [6.07, 6.45) is 1.24. The van der Waals surface area contributed by atoms with Crippen molar-refractivity contribution in [1.29, 1.82) is 0 Å². The second kappa shape index (κ2) is 8.75. The minimum Gasteiger partial charge on any atom is -0.457 e. The predicted octanol–water partition coefficient (Wildman–Crippen LogP) is 3.80. The summed E-state index contributed by atoms with van der Waals surface area (Å²) in [5.74, 6) is -0.851. The second-order valence-corrected chi connectivity index (χ2v) is 6.81. The topological polar surface area (TPSA) is 95.7 Å². The fraction of sp³-hybridized carbons (Fsp3) is 0.333. The van der Waals surface area contributed by atoms with Crippen molar-refractivity contribution in [2.24, 2.45) is 5.92 Å². The van der Waals surface area contributed by atoms with Crippen LogP contribution in [0.25, 0.3) is 11.1 Å². The van der Waals surface area contributed by atoms with Crippen LogP contribution in [0.5, 0.6) is 0 Å². The fourth-order valence-electron chi connectivity index (χ4n) is 3.17. The number of carbonyl (C=O) groups is 2. The first-order valence-corrected chi connectivity index (χ1v) is 9.10. The molecular formula is C21H21NO6. The molecule has 0 saturated carbocycles. The molecule has 146 valence electrons. The number of nitrogens with zero attached hydrogens (tertiary/aromatic N) is 1. The highest BCUT2D eigenvalue weighted by Gasteiger charge is 2.27. The summed E-state index contributed by atoms with van der Waals surface area (Å²) in [5, 5.41) is 10.7. The molecule has 1 fully saturated rings. The summed E-state index contributed by atoms with van der Waals surface area (Å²) in [7, 11) is 0. The fourth-order valence-corrected chi connectivity index (χ4v) is 3.17. The zero-order chi connectivity index (χ0) is 20.1. The van der Waals surface area contributed by atoms with Gasteiger partial charge in [-0.15, -0.1) is 0 Å². The molecule has 1 saturated heterocycles. The smallest absolute Gasteiger partial charge is 0.309 e. The molecule has 28 heavy (non-hydrogen) atoms. The standard InChI is InChI=1S/C21H21NO6/c1-14-12-18(10-11-27-14)21(24)28-13-20(23)17-4-2-15(3-5-17)16-6-8-19(9-7-16)22(25)26/h2-9,14,18H,10-13H2,1H3. The average Bonchev–Trinajstić information content (AvgIpc) is 2.72. The molecule has 0 N–H and O–H groups in total. The van der Waals surface area contributed by atoms with Gasteiger partial charge in [-0.2, -0.15) is 0 Å². The van der Waals surface area contributed by atoms with E-state index in [2.05, 4.69) is 0 Å². The summed E-state index contributed by atoms with van der Waals surface area (Å²) >= 11 is 0. The quantitative estimate of drug-likeness (QED) is 0.326. The number of rotatable bonds is 6. The molecule has 2 aromatic rings. The summed E-state index contributed by atoms with van der Waals surface area (Å²) in [6, 6.07) is 13.0. The van der Waals surface area contributed by atoms with E-state index in [-0.39, 0.29) is 36.1 Å². The minimum atomic E-state index is -0.451. The minimum absolute atomic E-state index is 0.0222. The van der Waals surface area contributed by atoms with Gasteiger partial charge in [0.05, 0.1) is 16.9 Å². The van der Waals surface area contributed by atoms with Crippen molar-refractivity contribution in [2.75, 3.05) is 13.2 Å². The Kier molecular flexibility index (Phi) is 6.16. The van der Waals surface area contributed by atoms with Crippen molar-refractivity contribution in [2.45, 2.75) is 25.9 Å². The third-order valence-electron chi connectivity index (χ3n) is 4.78. The molecule has 1 heterocycles. The van der Waals surface area contributed by atoms with Gasteiger partial charge in [0.25, 0.3) is 5.69 Å². The molecule has 1 aliphatic heterocycles. The van der Waals surface area contributed by atoms with Crippen LogP contribution >= 0.6 is 0 Å². The van der Waals surface area contributed by atoms with Gasteiger partial charge in [-0.05, 0) is 43.0 Å². The van der Waals surface area contributed by atoms with Crippen LogP contribution in [0.15, 0.2) is 48.5 Å². The molecule has 2 atom stereocenters. The number of hydrogen-bond donors (Lipinski definition) is 0. The monoisotopic (exact) mass is 383 g/mol. The van der Waals surface area contributed by atoms with Crippen molar-refractivity contribution < 1.29 is 24.0 Å². The number of nitro benzene ring substituents is 1. The Balaban J connectivity index is 1.57. The van der Waals surface area contributed by atoms with E-state index in [1.807, 2.05) is 6.92 Å². The SMILES string of the molecule is CC1CC(C(=O)OCC(=O)c2ccc(-c3ccc([N+](=O)[O-])cc3)cc2)CCO1. The molecular weight excluding hydrogens is 362 g/mol. The van der Waals surface area contributed by atoms with Crippen molar-refractivity contribution in [3.8, 4) is 11.1 Å². The summed E-state index contributed by atoms with van der Waals surface area (Å²) in [5.41, 5.74) is 2.11. The lowest BCUT2D eigenvalue weighted by molar-refractivity contribution is -0.384. The van der Waals surface area contributed by atoms with Crippen molar-refractivity contribution in [1.82, 2.24) is 0 Å². The number of nitro groups is 1. The van der Waals surface area contributed by atoms with Gasteiger partial charge in [-0.25, -0.2) is 0 Å². The summed E-state index contributed by atoms with van der Waals surface area (Å²) < 4.78 is 10.6. The number of ketones is 1. The van der Waals surface area contributed by atoms with Gasteiger partial charge in [0, 0.05) is 24.3 Å². The summed E-state index contributed by atoms with van der Waals surface area (Å²) in [6.45, 7) is 2.15. The highest BCUT2D eigenvalue weighted by molar-refractivity contribution is 5.98. The van der Waals surface area contributed by atoms with E-state index in [4.69, 9.17) is 9.47 Å². The summed E-state index contributed by atoms with van der Waals surface area (Å²) in [4.78, 5) is 34.7. The lowest BCUT2D eigenvalue weighted by atomic mass is 9.96. The van der Waals surface area contributed by atoms with E-state index in [1.54, 1.807) is 36.4 Å². The second-order valence-electron chi connectivity index (χ2n) is 6.81. The molecule has 2 unspecified atom stereocenters. The number of benzene rings is 2. The van der Waals surface area contributed by atoms with Gasteiger partial charge in [0.1, 0.15) is 0 Å². The number of hydrogen-bond acceptors (Lipinski definition) is 6. The highest BCUT2D eigenvalue weighted by atomic mass is 16.6. The maximum absolute atomic E-state index is 12.3. The predicted molar refractivity (Wildman–Crippen MR) is 102 cm³/mol. The molecule has 0 bridgehead atoms. The molecule has 7 heteroatoms. The number of ether oxygens (including phenoxy) is 2. The lowest BCUT2D eigenvalue weighted by Gasteiger charge is -2.25. The third-order valence-corrected chi connectivity index (χ3v) is 4.78. The zero-order valence-electron chi connectivity index (χ0n) is 15.5. The van der Waals surface area contributed by atoms with E-state index in [0.29, 0.717) is 25.0 Å². The van der Waals surface area contributed by atoms with E-state index >= 15 is 0 Å². The Morgan fingerprint density at radius 1 is 1.11 bits per heavy atom. The first-order valence-electron chi connectivity index (χ1n) is 9.10. The molecule has 3 rings (SSSR count). The van der Waals surface area contributed by atoms with Crippen molar-refractivity contribution >= 4 is 17.4 Å². The Morgan fingerprint density at radius 2 is 1.71 bits per heavy atom. The van der Waals surface area contributed by atoms with Gasteiger partial charge in [0.15, 0.2) is 12.4 Å². The van der Waals surface area contributed by atoms with Crippen LogP contribution in [-0.2, 0) is 14.3 Å².